The van der Waals surface area contributed by atoms with Crippen LogP contribution in [0.25, 0.3) is 0 Å². The largest absolute Gasteiger partial charge is 0.380 e. The zero-order valence-electron chi connectivity index (χ0n) is 10.8. The van der Waals surface area contributed by atoms with Crippen molar-refractivity contribution in [3.05, 3.63) is 28.3 Å². The van der Waals surface area contributed by atoms with Crippen LogP contribution in [0.2, 0.25) is 0 Å². The Bertz CT molecular complexity index is 448. The number of nitro benzene ring substituents is 1. The fraction of sp³-hybridized carbons (Fsp3) is 0.538. The molecule has 2 unspecified atom stereocenters. The zero-order chi connectivity index (χ0) is 13.1. The van der Waals surface area contributed by atoms with Gasteiger partial charge in [-0.15, -0.1) is 0 Å². The molecular weight excluding hydrogens is 230 g/mol. The molecule has 0 spiro atoms. The second-order valence-corrected chi connectivity index (χ2v) is 4.64. The van der Waals surface area contributed by atoms with E-state index in [0.717, 1.165) is 12.8 Å². The molecular formula is C13H19N3O2. The average Bonchev–Trinajstić information content (AvgIpc) is 3.08. The van der Waals surface area contributed by atoms with Crippen LogP contribution in [0.15, 0.2) is 18.2 Å². The summed E-state index contributed by atoms with van der Waals surface area (Å²) in [4.78, 5) is 10.9. The highest BCUT2D eigenvalue weighted by Crippen LogP contribution is 2.40. The molecule has 0 heterocycles. The van der Waals surface area contributed by atoms with Gasteiger partial charge in [-0.2, -0.15) is 0 Å². The van der Waals surface area contributed by atoms with Crippen LogP contribution in [0.4, 0.5) is 17.1 Å². The van der Waals surface area contributed by atoms with Gasteiger partial charge in [0, 0.05) is 12.6 Å². The molecule has 0 amide bonds. The van der Waals surface area contributed by atoms with Gasteiger partial charge in [0.1, 0.15) is 11.4 Å². The monoisotopic (exact) mass is 249 g/mol. The number of nitrogens with zero attached hydrogens (tertiary/aromatic N) is 1. The molecule has 1 aromatic carbocycles. The average molecular weight is 249 g/mol. The fourth-order valence-corrected chi connectivity index (χ4v) is 2.27. The summed E-state index contributed by atoms with van der Waals surface area (Å²) in [5.41, 5.74) is 1.36. The van der Waals surface area contributed by atoms with Crippen LogP contribution < -0.4 is 10.6 Å². The summed E-state index contributed by atoms with van der Waals surface area (Å²) < 4.78 is 0. The molecule has 1 aliphatic rings. The lowest BCUT2D eigenvalue weighted by atomic mass is 10.2. The van der Waals surface area contributed by atoms with E-state index in [4.69, 9.17) is 0 Å². The van der Waals surface area contributed by atoms with E-state index >= 15 is 0 Å². The van der Waals surface area contributed by atoms with Crippen LogP contribution in [-0.2, 0) is 0 Å². The highest BCUT2D eigenvalue weighted by atomic mass is 16.6. The van der Waals surface area contributed by atoms with Gasteiger partial charge >= 0.3 is 5.69 Å². The number of nitrogens with one attached hydrogen (secondary N) is 2. The van der Waals surface area contributed by atoms with Gasteiger partial charge in [0.05, 0.1) is 4.92 Å². The predicted molar refractivity (Wildman–Crippen MR) is 73.1 cm³/mol. The lowest BCUT2D eigenvalue weighted by Crippen LogP contribution is -2.09. The molecule has 0 aromatic heterocycles. The molecule has 1 fully saturated rings. The highest BCUT2D eigenvalue weighted by molar-refractivity contribution is 5.76. The standard InChI is InChI=1S/C13H19N3O2/c1-3-9-8-12(9)15-11-7-5-6-10(14-4-2)13(11)16(17)18/h5-7,9,12,14-15H,3-4,8H2,1-2H3. The first-order chi connectivity index (χ1) is 8.67. The van der Waals surface area contributed by atoms with Crippen LogP contribution >= 0.6 is 0 Å². The normalized spacial score (nSPS) is 21.4. The number of nitro groups is 1. The number of para-hydroxylation sites is 1. The summed E-state index contributed by atoms with van der Waals surface area (Å²) in [6, 6.07) is 5.77. The Labute approximate surface area is 107 Å². The molecule has 1 aliphatic carbocycles. The van der Waals surface area contributed by atoms with E-state index in [9.17, 15) is 10.1 Å². The van der Waals surface area contributed by atoms with Crippen LogP contribution in [0.3, 0.4) is 0 Å². The SMILES string of the molecule is CCNc1cccc(NC2CC2CC)c1[N+](=O)[O-]. The molecule has 2 rings (SSSR count). The first kappa shape index (κ1) is 12.7. The van der Waals surface area contributed by atoms with Crippen LogP contribution in [0.5, 0.6) is 0 Å². The minimum atomic E-state index is -0.316. The maximum atomic E-state index is 11.2. The summed E-state index contributed by atoms with van der Waals surface area (Å²) in [7, 11) is 0. The molecule has 2 N–H and O–H groups in total. The van der Waals surface area contributed by atoms with Crippen molar-refractivity contribution in [2.45, 2.75) is 32.7 Å². The van der Waals surface area contributed by atoms with Crippen molar-refractivity contribution in [2.24, 2.45) is 5.92 Å². The summed E-state index contributed by atoms with van der Waals surface area (Å²) in [5, 5.41) is 17.5. The lowest BCUT2D eigenvalue weighted by molar-refractivity contribution is -0.383. The second kappa shape index (κ2) is 5.25. The Morgan fingerprint density at radius 2 is 2.11 bits per heavy atom. The van der Waals surface area contributed by atoms with Crippen molar-refractivity contribution >= 4 is 17.1 Å². The summed E-state index contributed by atoms with van der Waals surface area (Å²) in [6.45, 7) is 4.75. The number of hydrogen-bond donors (Lipinski definition) is 2. The molecule has 18 heavy (non-hydrogen) atoms. The van der Waals surface area contributed by atoms with E-state index in [1.165, 1.54) is 0 Å². The Morgan fingerprint density at radius 1 is 1.39 bits per heavy atom. The van der Waals surface area contributed by atoms with E-state index in [-0.39, 0.29) is 10.6 Å². The minimum Gasteiger partial charge on any atom is -0.380 e. The number of benzene rings is 1. The Balaban J connectivity index is 2.23. The van der Waals surface area contributed by atoms with Gasteiger partial charge in [0.2, 0.25) is 0 Å². The topological polar surface area (TPSA) is 67.2 Å². The zero-order valence-corrected chi connectivity index (χ0v) is 10.8. The maximum absolute atomic E-state index is 11.2. The van der Waals surface area contributed by atoms with Crippen molar-refractivity contribution < 1.29 is 4.92 Å². The molecule has 2 atom stereocenters. The van der Waals surface area contributed by atoms with Crippen molar-refractivity contribution in [3.63, 3.8) is 0 Å². The first-order valence-corrected chi connectivity index (χ1v) is 6.45. The smallest absolute Gasteiger partial charge is 0.315 e. The van der Waals surface area contributed by atoms with Gasteiger partial charge in [-0.3, -0.25) is 10.1 Å². The molecule has 0 radical (unpaired) electrons. The Kier molecular flexibility index (Phi) is 3.69. The third-order valence-electron chi connectivity index (χ3n) is 3.37. The highest BCUT2D eigenvalue weighted by Gasteiger charge is 2.36. The van der Waals surface area contributed by atoms with Crippen LogP contribution in [0.1, 0.15) is 26.7 Å². The van der Waals surface area contributed by atoms with Crippen LogP contribution in [-0.4, -0.2) is 17.5 Å². The van der Waals surface area contributed by atoms with Crippen molar-refractivity contribution in [2.75, 3.05) is 17.2 Å². The molecule has 98 valence electrons. The van der Waals surface area contributed by atoms with Crippen molar-refractivity contribution in [3.8, 4) is 0 Å². The fourth-order valence-electron chi connectivity index (χ4n) is 2.27. The van der Waals surface area contributed by atoms with E-state index in [0.29, 0.717) is 29.9 Å². The summed E-state index contributed by atoms with van der Waals surface area (Å²) >= 11 is 0. The minimum absolute atomic E-state index is 0.154. The van der Waals surface area contributed by atoms with Gasteiger partial charge < -0.3 is 10.6 Å². The van der Waals surface area contributed by atoms with E-state index in [1.807, 2.05) is 13.0 Å². The lowest BCUT2D eigenvalue weighted by Gasteiger charge is -2.10. The van der Waals surface area contributed by atoms with Crippen molar-refractivity contribution in [1.82, 2.24) is 0 Å². The molecule has 1 aromatic rings. The van der Waals surface area contributed by atoms with Gasteiger partial charge in [-0.05, 0) is 31.4 Å². The van der Waals surface area contributed by atoms with E-state index < -0.39 is 0 Å². The second-order valence-electron chi connectivity index (χ2n) is 4.64. The Morgan fingerprint density at radius 3 is 2.67 bits per heavy atom. The van der Waals surface area contributed by atoms with Crippen molar-refractivity contribution in [1.29, 1.82) is 0 Å². The number of rotatable bonds is 6. The van der Waals surface area contributed by atoms with Gasteiger partial charge in [-0.1, -0.05) is 19.4 Å². The van der Waals surface area contributed by atoms with Gasteiger partial charge in [0.25, 0.3) is 0 Å². The van der Waals surface area contributed by atoms with E-state index in [2.05, 4.69) is 17.6 Å². The molecule has 5 nitrogen and oxygen atoms in total. The predicted octanol–water partition coefficient (Wildman–Crippen LogP) is 3.24. The third kappa shape index (κ3) is 2.55. The third-order valence-corrected chi connectivity index (χ3v) is 3.37. The quantitative estimate of drug-likeness (QED) is 0.600. The van der Waals surface area contributed by atoms with E-state index in [1.54, 1.807) is 12.1 Å². The molecule has 0 bridgehead atoms. The Hall–Kier alpha value is -1.78. The number of hydrogen-bond acceptors (Lipinski definition) is 4. The molecule has 0 saturated heterocycles. The van der Waals surface area contributed by atoms with Gasteiger partial charge in [0.15, 0.2) is 0 Å². The van der Waals surface area contributed by atoms with Crippen LogP contribution in [0, 0.1) is 16.0 Å². The molecule has 1 saturated carbocycles. The molecule has 0 aliphatic heterocycles. The number of anilines is 2. The van der Waals surface area contributed by atoms with Gasteiger partial charge in [-0.25, -0.2) is 0 Å². The summed E-state index contributed by atoms with van der Waals surface area (Å²) in [6.07, 6.45) is 2.23. The molecule has 5 heteroatoms. The first-order valence-electron chi connectivity index (χ1n) is 6.45. The maximum Gasteiger partial charge on any atom is 0.315 e. The summed E-state index contributed by atoms with van der Waals surface area (Å²) in [5.74, 6) is 0.660.